The highest BCUT2D eigenvalue weighted by Gasteiger charge is 2.08. The third kappa shape index (κ3) is 5.59. The number of aryl methyl sites for hydroxylation is 1. The third-order valence-corrected chi connectivity index (χ3v) is 5.10. The van der Waals surface area contributed by atoms with Gasteiger partial charge in [0.2, 0.25) is 0 Å². The van der Waals surface area contributed by atoms with Crippen LogP contribution in [-0.2, 0) is 0 Å². The van der Waals surface area contributed by atoms with Crippen LogP contribution in [0.15, 0.2) is 67.0 Å². The van der Waals surface area contributed by atoms with E-state index in [1.165, 1.54) is 18.5 Å². The number of anilines is 4. The highest BCUT2D eigenvalue weighted by molar-refractivity contribution is 14.1. The van der Waals surface area contributed by atoms with Crippen molar-refractivity contribution in [2.45, 2.75) is 6.92 Å². The number of halogens is 3. The van der Waals surface area contributed by atoms with E-state index in [4.69, 9.17) is 0 Å². The molecule has 0 unspecified atom stereocenters. The van der Waals surface area contributed by atoms with Crippen molar-refractivity contribution >= 4 is 74.8 Å². The van der Waals surface area contributed by atoms with Crippen molar-refractivity contribution in [2.75, 3.05) is 16.0 Å². The van der Waals surface area contributed by atoms with Crippen LogP contribution in [0.3, 0.4) is 0 Å². The van der Waals surface area contributed by atoms with Gasteiger partial charge in [-0.3, -0.25) is 0 Å². The zero-order chi connectivity index (χ0) is 21.1. The molecule has 4 rings (SSSR count). The Morgan fingerprint density at radius 3 is 2.61 bits per heavy atom. The molecule has 4 aromatic rings. The van der Waals surface area contributed by atoms with Gasteiger partial charge in [0.25, 0.3) is 0 Å². The summed E-state index contributed by atoms with van der Waals surface area (Å²) in [6.45, 7) is 1.80. The Bertz CT molecular complexity index is 1250. The lowest BCUT2D eigenvalue weighted by atomic mass is 10.2. The van der Waals surface area contributed by atoms with Gasteiger partial charge in [-0.1, -0.05) is 12.1 Å². The van der Waals surface area contributed by atoms with Gasteiger partial charge in [0.1, 0.15) is 18.0 Å². The van der Waals surface area contributed by atoms with Crippen LogP contribution in [0.4, 0.5) is 32.1 Å². The second-order valence-electron chi connectivity index (χ2n) is 6.63. The monoisotopic (exact) mass is 549 g/mol. The molecule has 3 N–H and O–H groups in total. The molecule has 31 heavy (non-hydrogen) atoms. The number of fused-ring (bicyclic) bond motifs is 1. The van der Waals surface area contributed by atoms with Gasteiger partial charge in [-0.2, -0.15) is 0 Å². The molecule has 0 saturated carbocycles. The maximum Gasteiger partial charge on any atom is 0.323 e. The lowest BCUT2D eigenvalue weighted by Gasteiger charge is -2.12. The number of urea groups is 1. The average Bonchev–Trinajstić information content (AvgIpc) is 2.71. The quantitative estimate of drug-likeness (QED) is 0.254. The number of benzene rings is 3. The van der Waals surface area contributed by atoms with Gasteiger partial charge in [0.15, 0.2) is 0 Å². The van der Waals surface area contributed by atoms with Gasteiger partial charge >= 0.3 is 6.03 Å². The minimum Gasteiger partial charge on any atom is -0.340 e. The Morgan fingerprint density at radius 2 is 1.77 bits per heavy atom. The zero-order valence-corrected chi connectivity index (χ0v) is 19.3. The van der Waals surface area contributed by atoms with Gasteiger partial charge in [-0.15, -0.1) is 12.4 Å². The minimum absolute atomic E-state index is 0. The lowest BCUT2D eigenvalue weighted by Crippen LogP contribution is -2.20. The summed E-state index contributed by atoms with van der Waals surface area (Å²) >= 11 is 2.25. The molecule has 3 aromatic carbocycles. The fourth-order valence-electron chi connectivity index (χ4n) is 2.95. The Hall–Kier alpha value is -2.98. The van der Waals surface area contributed by atoms with Crippen LogP contribution in [0.2, 0.25) is 0 Å². The molecule has 0 radical (unpaired) electrons. The van der Waals surface area contributed by atoms with Gasteiger partial charge in [0, 0.05) is 26.0 Å². The van der Waals surface area contributed by atoms with Gasteiger partial charge < -0.3 is 16.0 Å². The molecule has 158 valence electrons. The van der Waals surface area contributed by atoms with E-state index >= 15 is 0 Å². The summed E-state index contributed by atoms with van der Waals surface area (Å²) in [6.07, 6.45) is 1.51. The summed E-state index contributed by atoms with van der Waals surface area (Å²) in [6, 6.07) is 17.0. The Kier molecular flexibility index (Phi) is 7.24. The van der Waals surface area contributed by atoms with Crippen LogP contribution in [0.25, 0.3) is 10.9 Å². The normalized spacial score (nSPS) is 10.3. The van der Waals surface area contributed by atoms with Crippen LogP contribution in [0, 0.1) is 16.3 Å². The van der Waals surface area contributed by atoms with Crippen molar-refractivity contribution < 1.29 is 9.18 Å². The Balaban J connectivity index is 0.00000272. The molecule has 0 aliphatic carbocycles. The van der Waals surface area contributed by atoms with E-state index in [1.54, 1.807) is 25.1 Å². The van der Waals surface area contributed by atoms with Crippen LogP contribution in [-0.4, -0.2) is 16.0 Å². The number of carbonyl (C=O) groups is 1. The van der Waals surface area contributed by atoms with Crippen molar-refractivity contribution in [3.8, 4) is 0 Å². The summed E-state index contributed by atoms with van der Waals surface area (Å²) in [5.41, 5.74) is 3.37. The lowest BCUT2D eigenvalue weighted by molar-refractivity contribution is 0.262. The van der Waals surface area contributed by atoms with Crippen LogP contribution >= 0.6 is 35.0 Å². The maximum absolute atomic E-state index is 13.4. The number of aromatic nitrogens is 2. The SMILES string of the molecule is Cc1ccc(F)cc1NC(=O)Nc1cccc(Nc2ncnc3ccc(I)cc23)c1.Cl. The molecule has 0 aliphatic heterocycles. The number of carbonyl (C=O) groups excluding carboxylic acids is 1. The predicted octanol–water partition coefficient (Wildman–Crippen LogP) is 6.49. The molecule has 0 fully saturated rings. The van der Waals surface area contributed by atoms with Crippen LogP contribution in [0.5, 0.6) is 0 Å². The number of nitrogens with zero attached hydrogens (tertiary/aromatic N) is 2. The van der Waals surface area contributed by atoms with Gasteiger partial charge in [-0.05, 0) is 83.6 Å². The van der Waals surface area contributed by atoms with Crippen LogP contribution in [0.1, 0.15) is 5.56 Å². The topological polar surface area (TPSA) is 78.9 Å². The van der Waals surface area contributed by atoms with Crippen molar-refractivity contribution in [1.82, 2.24) is 9.97 Å². The van der Waals surface area contributed by atoms with Crippen molar-refractivity contribution in [3.63, 3.8) is 0 Å². The number of amides is 2. The van der Waals surface area contributed by atoms with E-state index in [-0.39, 0.29) is 12.4 Å². The molecule has 0 bridgehead atoms. The smallest absolute Gasteiger partial charge is 0.323 e. The van der Waals surface area contributed by atoms with Crippen molar-refractivity contribution in [1.29, 1.82) is 0 Å². The summed E-state index contributed by atoms with van der Waals surface area (Å²) in [7, 11) is 0. The Labute approximate surface area is 198 Å². The van der Waals surface area contributed by atoms with E-state index in [9.17, 15) is 9.18 Å². The van der Waals surface area contributed by atoms with E-state index in [0.717, 1.165) is 25.7 Å². The first-order chi connectivity index (χ1) is 14.5. The number of hydrogen-bond acceptors (Lipinski definition) is 4. The number of nitrogens with one attached hydrogen (secondary N) is 3. The fraction of sp³-hybridized carbons (Fsp3) is 0.0455. The van der Waals surface area contributed by atoms with E-state index < -0.39 is 11.8 Å². The summed E-state index contributed by atoms with van der Waals surface area (Å²) < 4.78 is 14.5. The first-order valence-corrected chi connectivity index (χ1v) is 10.2. The standard InChI is InChI=1S/C22H17FIN5O.ClH/c1-13-5-6-14(23)9-20(13)29-22(30)28-17-4-2-3-16(11-17)27-21-18-10-15(24)7-8-19(18)25-12-26-21;/h2-12H,1H3,(H,25,26,27)(H2,28,29,30);1H. The second kappa shape index (κ2) is 9.88. The largest absolute Gasteiger partial charge is 0.340 e. The van der Waals surface area contributed by atoms with E-state index in [0.29, 0.717) is 17.2 Å². The van der Waals surface area contributed by atoms with Crippen LogP contribution < -0.4 is 16.0 Å². The van der Waals surface area contributed by atoms with Crippen molar-refractivity contribution in [2.24, 2.45) is 0 Å². The molecule has 2 amide bonds. The molecule has 6 nitrogen and oxygen atoms in total. The molecule has 0 saturated heterocycles. The Morgan fingerprint density at radius 1 is 0.968 bits per heavy atom. The molecule has 1 heterocycles. The molecular weight excluding hydrogens is 532 g/mol. The first-order valence-electron chi connectivity index (χ1n) is 9.09. The summed E-state index contributed by atoms with van der Waals surface area (Å²) in [5.74, 6) is 0.268. The number of hydrogen-bond donors (Lipinski definition) is 3. The summed E-state index contributed by atoms with van der Waals surface area (Å²) in [4.78, 5) is 21.0. The maximum atomic E-state index is 13.4. The summed E-state index contributed by atoms with van der Waals surface area (Å²) in [5, 5.41) is 9.61. The third-order valence-electron chi connectivity index (χ3n) is 4.43. The van der Waals surface area contributed by atoms with Gasteiger partial charge in [0.05, 0.1) is 5.52 Å². The molecular formula is C22H18ClFIN5O. The molecule has 9 heteroatoms. The first kappa shape index (κ1) is 22.7. The zero-order valence-electron chi connectivity index (χ0n) is 16.3. The highest BCUT2D eigenvalue weighted by atomic mass is 127. The minimum atomic E-state index is -0.456. The van der Waals surface area contributed by atoms with E-state index in [1.807, 2.05) is 30.3 Å². The average molecular weight is 550 g/mol. The number of rotatable bonds is 4. The van der Waals surface area contributed by atoms with Gasteiger partial charge in [-0.25, -0.2) is 19.2 Å². The fourth-order valence-corrected chi connectivity index (χ4v) is 3.44. The highest BCUT2D eigenvalue weighted by Crippen LogP contribution is 2.26. The molecule has 0 atom stereocenters. The molecule has 0 aliphatic rings. The van der Waals surface area contributed by atoms with Crippen molar-refractivity contribution in [3.05, 3.63) is 81.9 Å². The van der Waals surface area contributed by atoms with E-state index in [2.05, 4.69) is 48.5 Å². The molecule has 0 spiro atoms. The predicted molar refractivity (Wildman–Crippen MR) is 133 cm³/mol. The molecule has 1 aromatic heterocycles. The second-order valence-corrected chi connectivity index (χ2v) is 7.87.